The SMILES string of the molecule is CCCC[C@@H](NC(=O)[C@@H](Cc1ccccc1)NC(=O)[C@H](C)Cc1ccccc1)C(=O)N[C@H](Cc1cnc(NC(=O)OC(C)(C)C)nc1)C(=O)N1CCC(NC(=O)OC(C)(C)C)(C(=O)OC)CC1.CCCC[C@@H](NC(=O)[C@@H](Cc1ccccc1)NC(=O)[C@H](C)Cc1ccccc1)C(=O)N[C@H](Cc1cnc(NC(=O)OC(C)(C)C)nc1)C(=O)O.COC(=O)C1(NC(=O)OC(C)(C)C)CCNCC1.[2H]CF. The topological polar surface area (TPSA) is 502 Å². The van der Waals surface area contributed by atoms with Crippen molar-refractivity contribution in [2.24, 2.45) is 11.8 Å². The van der Waals surface area contributed by atoms with Crippen molar-refractivity contribution in [1.82, 2.24) is 72.7 Å². The number of likely N-dealkylation sites (tertiary alicyclic amines) is 1. The number of rotatable bonds is 38. The van der Waals surface area contributed by atoms with Crippen LogP contribution in [0.1, 0.15) is 210 Å². The molecule has 38 heteroatoms. The molecule has 2 aliphatic heterocycles. The molecule has 137 heavy (non-hydrogen) atoms. The number of unbranched alkanes of at least 4 members (excludes halogenated alkanes) is 2. The maximum atomic E-state index is 14.6. The van der Waals surface area contributed by atoms with E-state index in [0.717, 1.165) is 28.7 Å². The highest BCUT2D eigenvalue weighted by Gasteiger charge is 2.48. The van der Waals surface area contributed by atoms with Gasteiger partial charge in [-0.05, 0) is 181 Å². The van der Waals surface area contributed by atoms with Crippen molar-refractivity contribution in [2.45, 2.75) is 283 Å². The smallest absolute Gasteiger partial charge is 0.414 e. The quantitative estimate of drug-likeness (QED) is 0.0127. The standard InChI is InChI=1S/C49H68N8O10.C37H48N6O7.C12H22N2O4.CH3F/c1-10-11-22-36(52-41(60)37(28-34-20-16-13-17-21-34)53-39(58)32(2)27-33-18-14-12-15-19-33)40(59)54-38(29-35-30-50-44(51-31-35)55-45(63)66-47(3,4)5)42(61)57-25-23-49(24-26-57,43(62)65-9)56-46(64)67-48(6,7)8;1-6-7-18-28(32(45)42-30(34(47)48)21-27-22-38-35(39-23-27)43-36(49)50-37(3,4)5)40-33(46)29(20-26-16-12-9-13-17-26)41-31(44)24(2)19-25-14-10-8-11-15-25;1-11(2,3)18-10(16)14-12(9(15)17-4)5-7-13-8-6-12;1-2/h12-21,30-32,36-38H,10-11,22-29H2,1-9H3,(H,52,60)(H,53,58)(H,54,59)(H,56,64)(H,50,51,55,63);8-17,22-24,28-30H,6-7,18-21H2,1-5H3,(H,40,46)(H,41,44)(H,42,45)(H,47,48)(H,38,39,43,49);13H,5-8H2,1-4H3,(H,14,16);1H3/t32-,36-,37-,38-;24-,28-,29-,30-;;/m11../s1/i;;;1D. The van der Waals surface area contributed by atoms with Gasteiger partial charge in [-0.15, -0.1) is 0 Å². The Balaban J connectivity index is 0.000000412. The molecule has 2 saturated heterocycles. The highest BCUT2D eigenvalue weighted by atomic mass is 19.1. The fourth-order valence-electron chi connectivity index (χ4n) is 14.4. The van der Waals surface area contributed by atoms with E-state index >= 15 is 0 Å². The van der Waals surface area contributed by atoms with Crippen molar-refractivity contribution in [3.05, 3.63) is 179 Å². The monoisotopic (exact) mass is 1910 g/mol. The second kappa shape index (κ2) is 55.7. The molecular weight excluding hydrogens is 1770 g/mol. The second-order valence-corrected chi connectivity index (χ2v) is 37.5. The van der Waals surface area contributed by atoms with Crippen LogP contribution in [0.3, 0.4) is 0 Å². The number of amides is 11. The van der Waals surface area contributed by atoms with Crippen LogP contribution in [0.15, 0.2) is 146 Å². The summed E-state index contributed by atoms with van der Waals surface area (Å²) in [6, 6.07) is 30.8. The minimum Gasteiger partial charge on any atom is -0.480 e. The number of halogens is 1. The number of hydrogen-bond acceptors (Lipinski definition) is 25. The number of alkyl carbamates (subject to hydrolysis) is 2. The normalized spacial score (nSPS) is 15.1. The lowest BCUT2D eigenvalue weighted by molar-refractivity contribution is -0.153. The third-order valence-corrected chi connectivity index (χ3v) is 21.2. The summed E-state index contributed by atoms with van der Waals surface area (Å²) in [7, 11) is 1.53. The number of carboxylic acids is 1. The molecular formula is C99H141FN16O21. The summed E-state index contributed by atoms with van der Waals surface area (Å²) < 4.78 is 46.4. The molecule has 6 aromatic rings. The lowest BCUT2D eigenvalue weighted by Gasteiger charge is -2.41. The Kier molecular flexibility index (Phi) is 45.7. The summed E-state index contributed by atoms with van der Waals surface area (Å²) in [5, 5.41) is 40.2. The zero-order valence-electron chi connectivity index (χ0n) is 83.1. The number of hydrogen-bond donors (Lipinski definition) is 12. The summed E-state index contributed by atoms with van der Waals surface area (Å²) in [4.78, 5) is 202. The number of carbonyl (C=O) groups is 14. The first kappa shape index (κ1) is 112. The lowest BCUT2D eigenvalue weighted by Crippen LogP contribution is -2.63. The largest absolute Gasteiger partial charge is 0.480 e. The summed E-state index contributed by atoms with van der Waals surface area (Å²) in [5.74, 6) is -6.98. The number of carboxylic acid groups (broad SMARTS) is 1. The first-order valence-electron chi connectivity index (χ1n) is 46.6. The zero-order chi connectivity index (χ0) is 103. The Morgan fingerprint density at radius 3 is 1.00 bits per heavy atom. The van der Waals surface area contributed by atoms with Gasteiger partial charge in [-0.1, -0.05) is 175 Å². The molecule has 4 aromatic carbocycles. The van der Waals surface area contributed by atoms with Crippen LogP contribution in [0.2, 0.25) is 0 Å². The van der Waals surface area contributed by atoms with E-state index in [2.05, 4.69) is 78.4 Å². The van der Waals surface area contributed by atoms with Gasteiger partial charge in [0.2, 0.25) is 53.2 Å². The van der Waals surface area contributed by atoms with Gasteiger partial charge in [0.15, 0.2) is 0 Å². The number of anilines is 2. The van der Waals surface area contributed by atoms with Crippen molar-refractivity contribution in [3.8, 4) is 0 Å². The number of aromatic nitrogens is 4. The lowest BCUT2D eigenvalue weighted by atomic mass is 9.87. The van der Waals surface area contributed by atoms with Gasteiger partial charge in [-0.2, -0.15) is 0 Å². The van der Waals surface area contributed by atoms with Crippen molar-refractivity contribution in [2.75, 3.05) is 58.2 Å². The first-order chi connectivity index (χ1) is 65.0. The van der Waals surface area contributed by atoms with Gasteiger partial charge in [-0.25, -0.2) is 53.5 Å². The number of nitrogens with one attached hydrogen (secondary N) is 11. The molecule has 2 aliphatic rings. The molecule has 2 aromatic heterocycles. The van der Waals surface area contributed by atoms with Gasteiger partial charge in [0.05, 0.1) is 22.7 Å². The average molecular weight is 1910 g/mol. The Bertz CT molecular complexity index is 4880. The van der Waals surface area contributed by atoms with Gasteiger partial charge >= 0.3 is 42.3 Å². The van der Waals surface area contributed by atoms with Crippen LogP contribution >= 0.6 is 0 Å². The third-order valence-electron chi connectivity index (χ3n) is 21.2. The van der Waals surface area contributed by atoms with E-state index in [1.54, 1.807) is 96.9 Å². The predicted octanol–water partition coefficient (Wildman–Crippen LogP) is 10.8. The molecule has 4 heterocycles. The summed E-state index contributed by atoms with van der Waals surface area (Å²) >= 11 is 0. The molecule has 0 bridgehead atoms. The third kappa shape index (κ3) is 41.8. The van der Waals surface area contributed by atoms with E-state index < -0.39 is 161 Å². The van der Waals surface area contributed by atoms with Crippen LogP contribution < -0.4 is 58.5 Å². The van der Waals surface area contributed by atoms with Gasteiger partial charge in [0.1, 0.15) is 69.7 Å². The van der Waals surface area contributed by atoms with E-state index in [0.29, 0.717) is 69.2 Å². The zero-order valence-corrected chi connectivity index (χ0v) is 82.1. The predicted molar refractivity (Wildman–Crippen MR) is 512 cm³/mol. The fraction of sp³-hybridized carbons (Fsp3) is 0.535. The highest BCUT2D eigenvalue weighted by molar-refractivity contribution is 5.97. The van der Waals surface area contributed by atoms with Gasteiger partial charge in [-0.3, -0.25) is 48.6 Å². The number of alkyl halides is 1. The molecule has 0 unspecified atom stereocenters. The molecule has 2 fully saturated rings. The molecule has 37 nitrogen and oxygen atoms in total. The van der Waals surface area contributed by atoms with E-state index in [9.17, 15) is 76.6 Å². The molecule has 750 valence electrons. The number of aliphatic carboxylic acids is 1. The molecule has 8 rings (SSSR count). The van der Waals surface area contributed by atoms with E-state index in [1.807, 2.05) is 135 Å². The number of methoxy groups -OCH3 is 2. The Morgan fingerprint density at radius 2 is 0.686 bits per heavy atom. The number of nitrogens with zero attached hydrogens (tertiary/aromatic N) is 5. The Hall–Kier alpha value is -13.3. The maximum Gasteiger partial charge on any atom is 0.414 e. The number of carbonyl (C=O) groups excluding carboxylic acids is 13. The molecule has 12 N–H and O–H groups in total. The summed E-state index contributed by atoms with van der Waals surface area (Å²) in [6.45, 7) is 29.4. The van der Waals surface area contributed by atoms with Crippen molar-refractivity contribution >= 4 is 95.5 Å². The first-order valence-corrected chi connectivity index (χ1v) is 45.9. The highest BCUT2D eigenvalue weighted by Crippen LogP contribution is 2.28. The van der Waals surface area contributed by atoms with Crippen LogP contribution in [0.5, 0.6) is 0 Å². The second-order valence-electron chi connectivity index (χ2n) is 37.5. The Labute approximate surface area is 803 Å². The van der Waals surface area contributed by atoms with Crippen LogP contribution in [0.25, 0.3) is 0 Å². The Morgan fingerprint density at radius 1 is 0.409 bits per heavy atom. The molecule has 8 atom stereocenters. The summed E-state index contributed by atoms with van der Waals surface area (Å²) in [6.07, 6.45) is 7.59. The average Bonchev–Trinajstić information content (AvgIpc) is 0.777. The summed E-state index contributed by atoms with van der Waals surface area (Å²) in [5.41, 5.74) is -0.989. The van der Waals surface area contributed by atoms with Crippen molar-refractivity contribution in [1.29, 1.82) is 0 Å². The molecule has 0 saturated carbocycles. The molecule has 0 spiro atoms. The van der Waals surface area contributed by atoms with Crippen LogP contribution in [0, 0.1) is 11.8 Å². The molecule has 11 amide bonds. The van der Waals surface area contributed by atoms with Crippen LogP contribution in [-0.4, -0.2) is 231 Å². The van der Waals surface area contributed by atoms with Gasteiger partial charge < -0.3 is 86.3 Å². The van der Waals surface area contributed by atoms with E-state index in [4.69, 9.17) is 29.8 Å². The number of ether oxygens (including phenoxy) is 6. The maximum absolute atomic E-state index is 14.6. The number of piperidine rings is 2. The van der Waals surface area contributed by atoms with E-state index in [1.165, 1.54) is 43.9 Å². The molecule has 0 aliphatic carbocycles. The van der Waals surface area contributed by atoms with Crippen LogP contribution in [-0.2, 0) is 115 Å². The number of benzene rings is 4. The minimum atomic E-state index is -1.49. The van der Waals surface area contributed by atoms with E-state index in [-0.39, 0.29) is 88.2 Å². The minimum absolute atomic E-state index is 0.00902. The molecule has 0 radical (unpaired) electrons. The van der Waals surface area contributed by atoms with Crippen LogP contribution in [0.4, 0.5) is 35.5 Å². The number of esters is 2. The van der Waals surface area contributed by atoms with Crippen molar-refractivity contribution < 1.29 is 106 Å². The van der Waals surface area contributed by atoms with Gasteiger partial charge in [0.25, 0.3) is 0 Å². The van der Waals surface area contributed by atoms with Crippen molar-refractivity contribution in [3.63, 3.8) is 0 Å². The fourth-order valence-corrected chi connectivity index (χ4v) is 14.4. The van der Waals surface area contributed by atoms with Gasteiger partial charge in [0, 0.05) is 75.4 Å².